The molecule has 0 saturated carbocycles. The van der Waals surface area contributed by atoms with Crippen molar-refractivity contribution in [2.24, 2.45) is 0 Å². The zero-order valence-electron chi connectivity index (χ0n) is 17.1. The Morgan fingerprint density at radius 2 is 1.56 bits per heavy atom. The number of nitrogens with zero attached hydrogens (tertiary/aromatic N) is 1. The first-order chi connectivity index (χ1) is 15.4. The summed E-state index contributed by atoms with van der Waals surface area (Å²) in [7, 11) is 1.55. The molecule has 3 aromatic rings. The van der Waals surface area contributed by atoms with E-state index < -0.39 is 29.7 Å². The summed E-state index contributed by atoms with van der Waals surface area (Å²) in [5, 5.41) is 2.74. The first-order valence-corrected chi connectivity index (χ1v) is 9.84. The fourth-order valence-corrected chi connectivity index (χ4v) is 3.52. The molecule has 0 bridgehead atoms. The van der Waals surface area contributed by atoms with Crippen LogP contribution >= 0.6 is 0 Å². The van der Waals surface area contributed by atoms with Crippen LogP contribution in [0, 0.1) is 11.6 Å². The Labute approximate surface area is 183 Å². The van der Waals surface area contributed by atoms with Crippen LogP contribution in [0.2, 0.25) is 0 Å². The van der Waals surface area contributed by atoms with Gasteiger partial charge in [-0.25, -0.2) is 8.78 Å². The number of carbonyl (C=O) groups is 2. The van der Waals surface area contributed by atoms with E-state index in [1.807, 2.05) is 0 Å². The molecule has 162 valence electrons. The maximum absolute atomic E-state index is 13.3. The number of methoxy groups -OCH3 is 1. The van der Waals surface area contributed by atoms with E-state index in [0.717, 1.165) is 5.56 Å². The van der Waals surface area contributed by atoms with Crippen molar-refractivity contribution in [3.05, 3.63) is 101 Å². The lowest BCUT2D eigenvalue weighted by Gasteiger charge is -2.15. The van der Waals surface area contributed by atoms with E-state index in [2.05, 4.69) is 10.7 Å². The predicted molar refractivity (Wildman–Crippen MR) is 113 cm³/mol. The third-order valence-electron chi connectivity index (χ3n) is 5.15. The van der Waals surface area contributed by atoms with Crippen LogP contribution in [0.15, 0.2) is 72.8 Å². The number of rotatable bonds is 5. The molecule has 2 N–H and O–H groups in total. The Morgan fingerprint density at radius 1 is 0.969 bits per heavy atom. The van der Waals surface area contributed by atoms with Gasteiger partial charge in [0.2, 0.25) is 12.3 Å². The van der Waals surface area contributed by atoms with E-state index >= 15 is 0 Å². The largest absolute Gasteiger partial charge is 0.497 e. The van der Waals surface area contributed by atoms with Gasteiger partial charge >= 0.3 is 5.91 Å². The van der Waals surface area contributed by atoms with Crippen LogP contribution in [-0.4, -0.2) is 35.9 Å². The molecule has 2 atom stereocenters. The van der Waals surface area contributed by atoms with Gasteiger partial charge in [0.05, 0.1) is 7.11 Å². The van der Waals surface area contributed by atoms with Gasteiger partial charge in [-0.1, -0.05) is 0 Å². The molecule has 3 aromatic carbocycles. The van der Waals surface area contributed by atoms with Gasteiger partial charge in [0, 0.05) is 16.7 Å². The molecule has 0 radical (unpaired) electrons. The van der Waals surface area contributed by atoms with E-state index in [1.165, 1.54) is 36.4 Å². The van der Waals surface area contributed by atoms with Crippen LogP contribution in [0.25, 0.3) is 0 Å². The molecular weight excluding hydrogens is 416 g/mol. The predicted octanol–water partition coefficient (Wildman–Crippen LogP) is 2.99. The lowest BCUT2D eigenvalue weighted by Crippen LogP contribution is -2.42. The minimum Gasteiger partial charge on any atom is -0.497 e. The SMILES string of the molecule is COc1ccc([C@@H]2[C@@H](NC(=O)c3ccc(F)cc3)C(=O)N/[N+]2=C\c2ccc(F)cc2)cc1. The molecule has 1 aliphatic heterocycles. The molecule has 0 spiro atoms. The van der Waals surface area contributed by atoms with E-state index in [1.54, 1.807) is 54.4 Å². The molecule has 0 aromatic heterocycles. The minimum absolute atomic E-state index is 0.230. The second-order valence-corrected chi connectivity index (χ2v) is 7.24. The second kappa shape index (κ2) is 8.97. The van der Waals surface area contributed by atoms with Crippen molar-refractivity contribution in [3.8, 4) is 5.75 Å². The normalized spacial score (nSPS) is 19.0. The Morgan fingerprint density at radius 3 is 2.16 bits per heavy atom. The van der Waals surface area contributed by atoms with Crippen molar-refractivity contribution in [2.45, 2.75) is 12.1 Å². The topological polar surface area (TPSA) is 70.4 Å². The number of nitrogens with one attached hydrogen (secondary N) is 2. The van der Waals surface area contributed by atoms with Gasteiger partial charge in [0.25, 0.3) is 5.91 Å². The number of hydrogen-bond acceptors (Lipinski definition) is 3. The van der Waals surface area contributed by atoms with Crippen LogP contribution in [0.4, 0.5) is 8.78 Å². The second-order valence-electron chi connectivity index (χ2n) is 7.24. The Bertz CT molecular complexity index is 1160. The molecule has 32 heavy (non-hydrogen) atoms. The highest BCUT2D eigenvalue weighted by Crippen LogP contribution is 2.27. The van der Waals surface area contributed by atoms with Gasteiger partial charge in [0.15, 0.2) is 6.04 Å². The number of benzene rings is 3. The van der Waals surface area contributed by atoms with E-state index in [9.17, 15) is 18.4 Å². The number of amides is 2. The summed E-state index contributed by atoms with van der Waals surface area (Å²) in [6, 6.07) is 16.4. The number of halogens is 2. The van der Waals surface area contributed by atoms with Crippen LogP contribution in [0.5, 0.6) is 5.75 Å². The third kappa shape index (κ3) is 4.49. The third-order valence-corrected chi connectivity index (χ3v) is 5.15. The summed E-state index contributed by atoms with van der Waals surface area (Å²) in [4.78, 5) is 25.6. The van der Waals surface area contributed by atoms with Gasteiger partial charge in [-0.3, -0.25) is 9.59 Å². The number of ether oxygens (including phenoxy) is 1. The Kier molecular flexibility index (Phi) is 5.93. The highest BCUT2D eigenvalue weighted by Gasteiger charge is 2.47. The molecule has 2 amide bonds. The highest BCUT2D eigenvalue weighted by molar-refractivity contribution is 5.98. The fourth-order valence-electron chi connectivity index (χ4n) is 3.52. The molecule has 0 unspecified atom stereocenters. The molecule has 0 aliphatic carbocycles. The first-order valence-electron chi connectivity index (χ1n) is 9.84. The molecular formula is C24H20F2N3O3+. The maximum Gasteiger partial charge on any atom is 0.304 e. The summed E-state index contributed by atoms with van der Waals surface area (Å²) >= 11 is 0. The lowest BCUT2D eigenvalue weighted by atomic mass is 9.99. The smallest absolute Gasteiger partial charge is 0.304 e. The van der Waals surface area contributed by atoms with Crippen LogP contribution < -0.4 is 15.5 Å². The molecule has 1 heterocycles. The van der Waals surface area contributed by atoms with Gasteiger partial charge < -0.3 is 10.1 Å². The van der Waals surface area contributed by atoms with E-state index in [-0.39, 0.29) is 11.4 Å². The minimum atomic E-state index is -0.933. The quantitative estimate of drug-likeness (QED) is 0.605. The van der Waals surface area contributed by atoms with Crippen LogP contribution in [0.3, 0.4) is 0 Å². The summed E-state index contributed by atoms with van der Waals surface area (Å²) in [6.07, 6.45) is 1.66. The van der Waals surface area contributed by atoms with Gasteiger partial charge in [-0.05, 0) is 72.8 Å². The van der Waals surface area contributed by atoms with Crippen LogP contribution in [-0.2, 0) is 4.79 Å². The number of hydrogen-bond donors (Lipinski definition) is 2. The van der Waals surface area contributed by atoms with Gasteiger partial charge in [-0.2, -0.15) is 0 Å². The Balaban J connectivity index is 1.69. The maximum atomic E-state index is 13.3. The average Bonchev–Trinajstić information content (AvgIpc) is 3.10. The van der Waals surface area contributed by atoms with E-state index in [4.69, 9.17) is 4.74 Å². The van der Waals surface area contributed by atoms with Crippen molar-refractivity contribution >= 4 is 18.0 Å². The monoisotopic (exact) mass is 436 g/mol. The van der Waals surface area contributed by atoms with E-state index in [0.29, 0.717) is 11.3 Å². The zero-order valence-corrected chi connectivity index (χ0v) is 17.1. The summed E-state index contributed by atoms with van der Waals surface area (Å²) in [6.45, 7) is 0. The standard InChI is InChI=1S/C24H19F2N3O3/c1-32-20-12-6-16(7-13-20)22-21(27-23(30)17-4-10-19(26)11-5-17)24(31)28-29(22)14-15-2-8-18(25)9-3-15/h2-14,21-22H,1H3,(H-,27,28,30,31)/p+1/b29-14-/t21-,22-/m1/s1. The highest BCUT2D eigenvalue weighted by atomic mass is 19.1. The first kappa shape index (κ1) is 21.2. The van der Waals surface area contributed by atoms with Crippen molar-refractivity contribution < 1.29 is 27.8 Å². The summed E-state index contributed by atoms with van der Waals surface area (Å²) in [5.41, 5.74) is 4.38. The molecule has 8 heteroatoms. The molecule has 6 nitrogen and oxygen atoms in total. The van der Waals surface area contributed by atoms with Crippen molar-refractivity contribution in [1.29, 1.82) is 0 Å². The van der Waals surface area contributed by atoms with Crippen molar-refractivity contribution in [1.82, 2.24) is 10.7 Å². The zero-order chi connectivity index (χ0) is 22.7. The van der Waals surface area contributed by atoms with Gasteiger partial charge in [0.1, 0.15) is 17.4 Å². The lowest BCUT2D eigenvalue weighted by molar-refractivity contribution is -0.596. The summed E-state index contributed by atoms with van der Waals surface area (Å²) in [5.74, 6) is -1.11. The molecule has 1 fully saturated rings. The Hall–Kier alpha value is -4.07. The van der Waals surface area contributed by atoms with Gasteiger partial charge in [-0.15, -0.1) is 10.1 Å². The van der Waals surface area contributed by atoms with Crippen molar-refractivity contribution in [3.63, 3.8) is 0 Å². The fraction of sp³-hybridized carbons (Fsp3) is 0.125. The average molecular weight is 436 g/mol. The number of hydrazine groups is 1. The molecule has 1 saturated heterocycles. The molecule has 1 aliphatic rings. The number of hydrazone groups is 1. The number of carbonyl (C=O) groups excluding carboxylic acids is 2. The molecule has 4 rings (SSSR count). The van der Waals surface area contributed by atoms with Crippen molar-refractivity contribution in [2.75, 3.05) is 7.11 Å². The summed E-state index contributed by atoms with van der Waals surface area (Å²) < 4.78 is 33.3. The van der Waals surface area contributed by atoms with Crippen LogP contribution in [0.1, 0.15) is 27.5 Å².